The number of hydrogen-bond donors (Lipinski definition) is 1. The zero-order valence-corrected chi connectivity index (χ0v) is 22.6. The topological polar surface area (TPSA) is 77.7 Å². The maximum atomic E-state index is 5.25. The molecule has 1 saturated carbocycles. The van der Waals surface area contributed by atoms with E-state index in [-0.39, 0.29) is 5.54 Å². The quantitative estimate of drug-likeness (QED) is 0.562. The van der Waals surface area contributed by atoms with Gasteiger partial charge in [-0.15, -0.1) is 0 Å². The molecule has 3 aromatic heterocycles. The van der Waals surface area contributed by atoms with Crippen molar-refractivity contribution in [3.05, 3.63) is 36.3 Å². The maximum Gasteiger partial charge on any atom is 0.230 e. The number of aromatic nitrogens is 4. The fourth-order valence-electron chi connectivity index (χ4n) is 6.85. The van der Waals surface area contributed by atoms with Crippen LogP contribution in [-0.2, 0) is 5.54 Å². The largest absolute Gasteiger partial charge is 0.368 e. The van der Waals surface area contributed by atoms with Gasteiger partial charge in [0.2, 0.25) is 5.95 Å². The number of pyridine rings is 1. The van der Waals surface area contributed by atoms with Crippen LogP contribution in [0.25, 0.3) is 11.0 Å². The summed E-state index contributed by atoms with van der Waals surface area (Å²) in [6.45, 7) is 7.30. The van der Waals surface area contributed by atoms with E-state index in [0.717, 1.165) is 68.5 Å². The van der Waals surface area contributed by atoms with Crippen molar-refractivity contribution in [3.63, 3.8) is 0 Å². The molecule has 9 nitrogen and oxygen atoms in total. The zero-order valence-electron chi connectivity index (χ0n) is 22.6. The number of likely N-dealkylation sites (N-methyl/N-ethyl adjacent to an activating group) is 1. The van der Waals surface area contributed by atoms with Gasteiger partial charge in [-0.3, -0.25) is 4.99 Å². The molecule has 3 fully saturated rings. The van der Waals surface area contributed by atoms with Crippen LogP contribution in [0.5, 0.6) is 0 Å². The van der Waals surface area contributed by atoms with E-state index in [0.29, 0.717) is 5.95 Å². The number of likely N-dealkylation sites (tertiary alicyclic amines) is 1. The Hall–Kier alpha value is -3.20. The number of aliphatic imine (C=N–C) groups is 1. The summed E-state index contributed by atoms with van der Waals surface area (Å²) in [5.74, 6) is 2.54. The van der Waals surface area contributed by atoms with Gasteiger partial charge in [-0.1, -0.05) is 19.3 Å². The van der Waals surface area contributed by atoms with Gasteiger partial charge in [0.15, 0.2) is 0 Å². The lowest BCUT2D eigenvalue weighted by molar-refractivity contribution is 0.199. The Morgan fingerprint density at radius 2 is 1.61 bits per heavy atom. The molecule has 0 unspecified atom stereocenters. The van der Waals surface area contributed by atoms with Crippen molar-refractivity contribution in [1.29, 1.82) is 0 Å². The number of rotatable bonds is 3. The van der Waals surface area contributed by atoms with Crippen LogP contribution in [0.4, 0.5) is 17.5 Å². The van der Waals surface area contributed by atoms with Gasteiger partial charge in [0.25, 0.3) is 0 Å². The van der Waals surface area contributed by atoms with Crippen molar-refractivity contribution < 1.29 is 0 Å². The molecule has 9 heteroatoms. The van der Waals surface area contributed by atoms with Crippen molar-refractivity contribution >= 4 is 34.3 Å². The summed E-state index contributed by atoms with van der Waals surface area (Å²) in [5, 5.41) is 4.48. The number of hydrogen-bond acceptors (Lipinski definition) is 8. The van der Waals surface area contributed by atoms with Gasteiger partial charge < -0.3 is 24.6 Å². The third-order valence-corrected chi connectivity index (χ3v) is 9.06. The van der Waals surface area contributed by atoms with Gasteiger partial charge in [-0.25, -0.2) is 9.97 Å². The van der Waals surface area contributed by atoms with Gasteiger partial charge in [-0.05, 0) is 57.4 Å². The lowest BCUT2D eigenvalue weighted by Gasteiger charge is -2.43. The molecule has 1 spiro atoms. The van der Waals surface area contributed by atoms with E-state index in [9.17, 15) is 0 Å². The Morgan fingerprint density at radius 1 is 0.816 bits per heavy atom. The molecule has 7 rings (SSSR count). The molecule has 2 saturated heterocycles. The second-order valence-electron chi connectivity index (χ2n) is 11.6. The van der Waals surface area contributed by atoms with Crippen LogP contribution in [0, 0.1) is 0 Å². The third-order valence-electron chi connectivity index (χ3n) is 9.06. The van der Waals surface area contributed by atoms with Crippen LogP contribution in [0.1, 0.15) is 57.1 Å². The number of piperidine rings is 1. The van der Waals surface area contributed by atoms with Crippen molar-refractivity contribution in [3.8, 4) is 0 Å². The summed E-state index contributed by atoms with van der Waals surface area (Å²) in [7, 11) is 2.18. The normalized spacial score (nSPS) is 22.0. The average Bonchev–Trinajstić information content (AvgIpc) is 3.35. The first kappa shape index (κ1) is 23.9. The number of nitrogens with one attached hydrogen (secondary N) is 1. The number of fused-ring (bicyclic) bond motifs is 4. The summed E-state index contributed by atoms with van der Waals surface area (Å²) in [6.07, 6.45) is 13.9. The Kier molecular flexibility index (Phi) is 6.18. The van der Waals surface area contributed by atoms with Crippen LogP contribution >= 0.6 is 0 Å². The standard InChI is InChI=1S/C29H39N9/c1-35-14-16-36(17-15-35)23-8-9-25(30-20-23)33-28-31-19-22-18-24-27(37-12-6-3-7-13-37)32-21-29(10-4-2-5-11-29)38(24)26(22)34-28/h8-9,18-20H,2-7,10-17,21H2,1H3,(H,30,31,33,34). The SMILES string of the molecule is CN1CCN(c2ccc(Nc3ncc4cc5n(c4n3)C3(CCCCC3)CN=C5N3CCCCC3)nc2)CC1. The molecule has 3 aliphatic heterocycles. The number of nitrogens with zero attached hydrogens (tertiary/aromatic N) is 8. The van der Waals surface area contributed by atoms with E-state index >= 15 is 0 Å². The molecule has 200 valence electrons. The lowest BCUT2D eigenvalue weighted by atomic mass is 9.80. The van der Waals surface area contributed by atoms with Gasteiger partial charge in [0, 0.05) is 50.9 Å². The van der Waals surface area contributed by atoms with E-state index in [1.54, 1.807) is 0 Å². The Balaban J connectivity index is 1.20. The molecule has 3 aromatic rings. The van der Waals surface area contributed by atoms with Crippen molar-refractivity contribution in [2.24, 2.45) is 4.99 Å². The molecule has 0 aromatic carbocycles. The van der Waals surface area contributed by atoms with Gasteiger partial charge in [-0.2, -0.15) is 4.98 Å². The molecular weight excluding hydrogens is 474 g/mol. The summed E-state index contributed by atoms with van der Waals surface area (Å²) in [4.78, 5) is 27.0. The van der Waals surface area contributed by atoms with Crippen molar-refractivity contribution in [2.75, 3.05) is 63.1 Å². The first-order valence-electron chi connectivity index (χ1n) is 14.5. The van der Waals surface area contributed by atoms with E-state index < -0.39 is 0 Å². The minimum Gasteiger partial charge on any atom is -0.368 e. The first-order valence-corrected chi connectivity index (χ1v) is 14.5. The fourth-order valence-corrected chi connectivity index (χ4v) is 6.85. The highest BCUT2D eigenvalue weighted by Gasteiger charge is 2.41. The van der Waals surface area contributed by atoms with Gasteiger partial charge in [0.1, 0.15) is 17.3 Å². The molecule has 6 heterocycles. The zero-order chi connectivity index (χ0) is 25.5. The van der Waals surface area contributed by atoms with Crippen LogP contribution in [0.2, 0.25) is 0 Å². The predicted octanol–water partition coefficient (Wildman–Crippen LogP) is 4.23. The Bertz CT molecular complexity index is 1310. The van der Waals surface area contributed by atoms with E-state index in [2.05, 4.69) is 43.8 Å². The lowest BCUT2D eigenvalue weighted by Crippen LogP contribution is -2.48. The molecular formula is C29H39N9. The van der Waals surface area contributed by atoms with Crippen LogP contribution in [0.15, 0.2) is 35.6 Å². The van der Waals surface area contributed by atoms with Crippen LogP contribution in [-0.4, -0.2) is 88.0 Å². The highest BCUT2D eigenvalue weighted by atomic mass is 15.3. The number of anilines is 3. The highest BCUT2D eigenvalue weighted by molar-refractivity contribution is 6.02. The molecule has 0 atom stereocenters. The fraction of sp³-hybridized carbons (Fsp3) is 0.586. The van der Waals surface area contributed by atoms with Gasteiger partial charge >= 0.3 is 0 Å². The van der Waals surface area contributed by atoms with E-state index in [1.165, 1.54) is 62.7 Å². The first-order chi connectivity index (χ1) is 18.7. The van der Waals surface area contributed by atoms with E-state index in [4.69, 9.17) is 19.9 Å². The summed E-state index contributed by atoms with van der Waals surface area (Å²) in [5.41, 5.74) is 3.46. The minimum atomic E-state index is 0.0304. The summed E-state index contributed by atoms with van der Waals surface area (Å²) in [6, 6.07) is 6.47. The molecule has 0 radical (unpaired) electrons. The van der Waals surface area contributed by atoms with E-state index in [1.807, 2.05) is 18.5 Å². The third kappa shape index (κ3) is 4.30. The minimum absolute atomic E-state index is 0.0304. The number of amidine groups is 1. The smallest absolute Gasteiger partial charge is 0.230 e. The Morgan fingerprint density at radius 3 is 2.37 bits per heavy atom. The number of piperazine rings is 1. The molecule has 0 amide bonds. The highest BCUT2D eigenvalue weighted by Crippen LogP contribution is 2.42. The molecule has 1 N–H and O–H groups in total. The Labute approximate surface area is 225 Å². The van der Waals surface area contributed by atoms with Crippen LogP contribution in [0.3, 0.4) is 0 Å². The van der Waals surface area contributed by atoms with Crippen molar-refractivity contribution in [2.45, 2.75) is 56.9 Å². The predicted molar refractivity (Wildman–Crippen MR) is 153 cm³/mol. The average molecular weight is 514 g/mol. The summed E-state index contributed by atoms with van der Waals surface area (Å²) < 4.78 is 2.55. The molecule has 4 aliphatic rings. The maximum absolute atomic E-state index is 5.25. The second-order valence-corrected chi connectivity index (χ2v) is 11.6. The van der Waals surface area contributed by atoms with Gasteiger partial charge in [0.05, 0.1) is 29.7 Å². The second kappa shape index (κ2) is 9.84. The molecule has 38 heavy (non-hydrogen) atoms. The molecule has 0 bridgehead atoms. The van der Waals surface area contributed by atoms with Crippen molar-refractivity contribution in [1.82, 2.24) is 29.3 Å². The monoisotopic (exact) mass is 513 g/mol. The van der Waals surface area contributed by atoms with Crippen LogP contribution < -0.4 is 10.2 Å². The summed E-state index contributed by atoms with van der Waals surface area (Å²) >= 11 is 0. The molecule has 1 aliphatic carbocycles.